The van der Waals surface area contributed by atoms with Crippen LogP contribution in [0, 0.1) is 0 Å². The molecule has 0 radical (unpaired) electrons. The van der Waals surface area contributed by atoms with Crippen molar-refractivity contribution in [2.45, 2.75) is 37.6 Å². The number of piperidine rings is 1. The maximum Gasteiger partial charge on any atom is 0.250 e. The van der Waals surface area contributed by atoms with Crippen molar-refractivity contribution in [3.8, 4) is 11.5 Å². The number of rotatable bonds is 5. The first-order valence-electron chi connectivity index (χ1n) is 8.15. The molecule has 0 atom stereocenters. The van der Waals surface area contributed by atoms with E-state index in [-0.39, 0.29) is 11.8 Å². The molecule has 1 N–H and O–H groups in total. The molecule has 1 saturated heterocycles. The quantitative estimate of drug-likeness (QED) is 0.905. The van der Waals surface area contributed by atoms with Gasteiger partial charge in [0.05, 0.1) is 18.4 Å². The molecule has 1 amide bonds. The maximum atomic E-state index is 11.8. The van der Waals surface area contributed by atoms with E-state index in [1.165, 1.54) is 0 Å². The van der Waals surface area contributed by atoms with Crippen molar-refractivity contribution >= 4 is 5.91 Å². The average Bonchev–Trinajstić information content (AvgIpc) is 3.06. The fourth-order valence-corrected chi connectivity index (χ4v) is 2.94. The molecule has 2 aromatic heterocycles. The second kappa shape index (κ2) is 6.16. The summed E-state index contributed by atoms with van der Waals surface area (Å²) in [7, 11) is 0. The molecule has 0 bridgehead atoms. The summed E-state index contributed by atoms with van der Waals surface area (Å²) < 4.78 is 10.8. The van der Waals surface area contributed by atoms with Gasteiger partial charge in [-0.3, -0.25) is 9.69 Å². The van der Waals surface area contributed by atoms with Crippen LogP contribution in [0.2, 0.25) is 0 Å². The SMILES string of the molecule is O=C(CN1CCC(c2nnc(-c3ccoc3)o2)CC1)NC1CC1. The highest BCUT2D eigenvalue weighted by atomic mass is 16.4. The summed E-state index contributed by atoms with van der Waals surface area (Å²) in [6, 6.07) is 2.23. The first-order valence-corrected chi connectivity index (χ1v) is 8.15. The maximum absolute atomic E-state index is 11.8. The molecule has 1 aliphatic carbocycles. The Labute approximate surface area is 134 Å². The predicted molar refractivity (Wildman–Crippen MR) is 81.6 cm³/mol. The van der Waals surface area contributed by atoms with Gasteiger partial charge in [-0.15, -0.1) is 10.2 Å². The third-order valence-corrected chi connectivity index (χ3v) is 4.46. The summed E-state index contributed by atoms with van der Waals surface area (Å²) in [5.74, 6) is 1.60. The Bertz CT molecular complexity index is 655. The van der Waals surface area contributed by atoms with Crippen LogP contribution >= 0.6 is 0 Å². The molecule has 0 unspecified atom stereocenters. The van der Waals surface area contributed by atoms with Gasteiger partial charge in [0.2, 0.25) is 11.8 Å². The van der Waals surface area contributed by atoms with E-state index in [2.05, 4.69) is 20.4 Å². The van der Waals surface area contributed by atoms with Crippen LogP contribution in [0.3, 0.4) is 0 Å². The van der Waals surface area contributed by atoms with Gasteiger partial charge in [-0.1, -0.05) is 0 Å². The van der Waals surface area contributed by atoms with Crippen molar-refractivity contribution in [2.24, 2.45) is 0 Å². The normalized spacial score (nSPS) is 19.8. The Morgan fingerprint density at radius 3 is 2.78 bits per heavy atom. The molecule has 7 nitrogen and oxygen atoms in total. The molecule has 0 spiro atoms. The fraction of sp³-hybridized carbons (Fsp3) is 0.562. The second-order valence-corrected chi connectivity index (χ2v) is 6.35. The summed E-state index contributed by atoms with van der Waals surface area (Å²) in [6.45, 7) is 2.26. The third kappa shape index (κ3) is 3.44. The van der Waals surface area contributed by atoms with Crippen LogP contribution in [0.4, 0.5) is 0 Å². The number of carbonyl (C=O) groups excluding carboxylic acids is 1. The van der Waals surface area contributed by atoms with Gasteiger partial charge in [-0.05, 0) is 44.8 Å². The first kappa shape index (κ1) is 14.4. The van der Waals surface area contributed by atoms with Crippen molar-refractivity contribution in [1.29, 1.82) is 0 Å². The molecule has 7 heteroatoms. The number of likely N-dealkylation sites (tertiary alicyclic amines) is 1. The van der Waals surface area contributed by atoms with E-state index >= 15 is 0 Å². The largest absolute Gasteiger partial charge is 0.472 e. The lowest BCUT2D eigenvalue weighted by atomic mass is 9.97. The van der Waals surface area contributed by atoms with Crippen molar-refractivity contribution in [1.82, 2.24) is 20.4 Å². The number of nitrogens with one attached hydrogen (secondary N) is 1. The Balaban J connectivity index is 1.30. The molecule has 2 fully saturated rings. The summed E-state index contributed by atoms with van der Waals surface area (Å²) in [4.78, 5) is 14.0. The highest BCUT2D eigenvalue weighted by Gasteiger charge is 2.28. The lowest BCUT2D eigenvalue weighted by Gasteiger charge is -2.29. The zero-order valence-corrected chi connectivity index (χ0v) is 12.9. The van der Waals surface area contributed by atoms with Crippen LogP contribution in [0.1, 0.15) is 37.5 Å². The molecule has 1 saturated carbocycles. The molecule has 3 heterocycles. The Hall–Kier alpha value is -2.15. The molecule has 23 heavy (non-hydrogen) atoms. The number of amides is 1. The number of nitrogens with zero attached hydrogens (tertiary/aromatic N) is 3. The zero-order valence-electron chi connectivity index (χ0n) is 12.9. The van der Waals surface area contributed by atoms with E-state index < -0.39 is 0 Å². The van der Waals surface area contributed by atoms with Gasteiger partial charge >= 0.3 is 0 Å². The number of aromatic nitrogens is 2. The van der Waals surface area contributed by atoms with E-state index in [0.717, 1.165) is 44.3 Å². The van der Waals surface area contributed by atoms with Gasteiger partial charge in [-0.25, -0.2) is 0 Å². The lowest BCUT2D eigenvalue weighted by molar-refractivity contribution is -0.122. The molecule has 1 aliphatic heterocycles. The molecule has 122 valence electrons. The molecular weight excluding hydrogens is 296 g/mol. The minimum atomic E-state index is 0.144. The Kier molecular flexibility index (Phi) is 3.87. The monoisotopic (exact) mass is 316 g/mol. The standard InChI is InChI=1S/C16H20N4O3/c21-14(17-13-1-2-13)9-20-6-3-11(4-7-20)15-18-19-16(23-15)12-5-8-22-10-12/h5,8,10-11,13H,1-4,6-7,9H2,(H,17,21). The van der Waals surface area contributed by atoms with Crippen molar-refractivity contribution in [2.75, 3.05) is 19.6 Å². The molecule has 4 rings (SSSR count). The van der Waals surface area contributed by atoms with Crippen LogP contribution in [0.15, 0.2) is 27.4 Å². The molecular formula is C16H20N4O3. The third-order valence-electron chi connectivity index (χ3n) is 4.46. The van der Waals surface area contributed by atoms with Crippen LogP contribution < -0.4 is 5.32 Å². The number of carbonyl (C=O) groups is 1. The number of hydrogen-bond donors (Lipinski definition) is 1. The molecule has 0 aromatic carbocycles. The minimum Gasteiger partial charge on any atom is -0.472 e. The van der Waals surface area contributed by atoms with Gasteiger partial charge in [0, 0.05) is 12.0 Å². The average molecular weight is 316 g/mol. The van der Waals surface area contributed by atoms with Gasteiger partial charge in [0.1, 0.15) is 6.26 Å². The van der Waals surface area contributed by atoms with Crippen LogP contribution in [0.5, 0.6) is 0 Å². The highest BCUT2D eigenvalue weighted by Crippen LogP contribution is 2.29. The van der Waals surface area contributed by atoms with Crippen LogP contribution in [-0.2, 0) is 4.79 Å². The van der Waals surface area contributed by atoms with Gasteiger partial charge in [0.15, 0.2) is 0 Å². The first-order chi connectivity index (χ1) is 11.3. The summed E-state index contributed by atoms with van der Waals surface area (Å²) in [5.41, 5.74) is 0.804. The highest BCUT2D eigenvalue weighted by molar-refractivity contribution is 5.78. The minimum absolute atomic E-state index is 0.144. The van der Waals surface area contributed by atoms with Crippen molar-refractivity contribution in [3.05, 3.63) is 24.5 Å². The van der Waals surface area contributed by atoms with Crippen LogP contribution in [-0.4, -0.2) is 46.7 Å². The lowest BCUT2D eigenvalue weighted by Crippen LogP contribution is -2.41. The molecule has 2 aromatic rings. The van der Waals surface area contributed by atoms with E-state index in [1.807, 2.05) is 0 Å². The molecule has 2 aliphatic rings. The van der Waals surface area contributed by atoms with Gasteiger partial charge in [0.25, 0.3) is 5.89 Å². The van der Waals surface area contributed by atoms with Crippen molar-refractivity contribution in [3.63, 3.8) is 0 Å². The smallest absolute Gasteiger partial charge is 0.250 e. The Morgan fingerprint density at radius 1 is 1.26 bits per heavy atom. The summed E-state index contributed by atoms with van der Waals surface area (Å²) in [5, 5.41) is 11.3. The van der Waals surface area contributed by atoms with E-state index in [1.54, 1.807) is 18.6 Å². The number of furan rings is 1. The number of hydrogen-bond acceptors (Lipinski definition) is 6. The zero-order chi connectivity index (χ0) is 15.6. The second-order valence-electron chi connectivity index (χ2n) is 6.35. The van der Waals surface area contributed by atoms with Gasteiger partial charge < -0.3 is 14.2 Å². The summed E-state index contributed by atoms with van der Waals surface area (Å²) in [6.07, 6.45) is 7.31. The predicted octanol–water partition coefficient (Wildman–Crippen LogP) is 1.79. The van der Waals surface area contributed by atoms with Crippen molar-refractivity contribution < 1.29 is 13.6 Å². The Morgan fingerprint density at radius 2 is 2.09 bits per heavy atom. The van der Waals surface area contributed by atoms with E-state index in [4.69, 9.17) is 8.83 Å². The fourth-order valence-electron chi connectivity index (χ4n) is 2.94. The van der Waals surface area contributed by atoms with E-state index in [9.17, 15) is 4.79 Å². The summed E-state index contributed by atoms with van der Waals surface area (Å²) >= 11 is 0. The van der Waals surface area contributed by atoms with Gasteiger partial charge in [-0.2, -0.15) is 0 Å². The van der Waals surface area contributed by atoms with E-state index in [0.29, 0.717) is 24.4 Å². The topological polar surface area (TPSA) is 84.4 Å². The van der Waals surface area contributed by atoms with Crippen LogP contribution in [0.25, 0.3) is 11.5 Å².